The molecule has 31 heavy (non-hydrogen) atoms. The number of nitrogens with zero attached hydrogens (tertiary/aromatic N) is 3. The van der Waals surface area contributed by atoms with Crippen LogP contribution < -0.4 is 10.6 Å². The fourth-order valence-electron chi connectivity index (χ4n) is 4.55. The molecule has 1 atom stereocenters. The molecule has 3 heterocycles. The minimum Gasteiger partial charge on any atom is -0.357 e. The maximum Gasteiger partial charge on any atom is 0.272 e. The molecule has 1 unspecified atom stereocenters. The molecule has 1 aromatic heterocycles. The van der Waals surface area contributed by atoms with Crippen molar-refractivity contribution in [3.05, 3.63) is 41.7 Å². The van der Waals surface area contributed by atoms with Gasteiger partial charge in [-0.15, -0.1) is 0 Å². The van der Waals surface area contributed by atoms with E-state index in [1.807, 2.05) is 30.3 Å². The summed E-state index contributed by atoms with van der Waals surface area (Å²) in [5, 5.41) is 5.36. The van der Waals surface area contributed by atoms with Crippen molar-refractivity contribution in [2.24, 2.45) is 0 Å². The van der Waals surface area contributed by atoms with E-state index in [9.17, 15) is 14.4 Å². The van der Waals surface area contributed by atoms with Gasteiger partial charge in [-0.25, -0.2) is 4.98 Å². The average Bonchev–Trinajstić information content (AvgIpc) is 3.36. The Hall–Kier alpha value is -3.16. The number of nitrogens with one attached hydrogen (secondary N) is 2. The number of imidazole rings is 1. The van der Waals surface area contributed by atoms with E-state index in [2.05, 4.69) is 15.2 Å². The lowest BCUT2D eigenvalue weighted by molar-refractivity contribution is -0.137. The van der Waals surface area contributed by atoms with Crippen LogP contribution in [0.3, 0.4) is 0 Å². The number of hydrogen-bond donors (Lipinski definition) is 2. The number of rotatable bonds is 5. The quantitative estimate of drug-likeness (QED) is 0.766. The van der Waals surface area contributed by atoms with Gasteiger partial charge in [0.15, 0.2) is 0 Å². The lowest BCUT2D eigenvalue weighted by atomic mass is 10.1. The minimum atomic E-state index is -0.456. The van der Waals surface area contributed by atoms with Gasteiger partial charge in [0.25, 0.3) is 5.91 Å². The van der Waals surface area contributed by atoms with Crippen LogP contribution in [0.25, 0.3) is 11.4 Å². The molecule has 1 aromatic carbocycles. The van der Waals surface area contributed by atoms with Crippen molar-refractivity contribution in [1.29, 1.82) is 0 Å². The second kappa shape index (κ2) is 9.32. The van der Waals surface area contributed by atoms with Gasteiger partial charge in [0.05, 0.1) is 12.2 Å². The molecular weight excluding hydrogens is 394 g/mol. The summed E-state index contributed by atoms with van der Waals surface area (Å²) in [5.41, 5.74) is 2.31. The van der Waals surface area contributed by atoms with Gasteiger partial charge in [0.2, 0.25) is 11.8 Å². The monoisotopic (exact) mass is 423 g/mol. The van der Waals surface area contributed by atoms with Gasteiger partial charge < -0.3 is 20.1 Å². The number of amides is 3. The predicted molar refractivity (Wildman–Crippen MR) is 116 cm³/mol. The molecule has 0 radical (unpaired) electrons. The molecule has 0 aliphatic carbocycles. The fourth-order valence-corrected chi connectivity index (χ4v) is 4.55. The number of likely N-dealkylation sites (tertiary alicyclic amines) is 1. The average molecular weight is 424 g/mol. The summed E-state index contributed by atoms with van der Waals surface area (Å²) in [6.45, 7) is 1.23. The van der Waals surface area contributed by atoms with Gasteiger partial charge in [0.1, 0.15) is 17.6 Å². The number of benzene rings is 1. The first-order valence-corrected chi connectivity index (χ1v) is 11.0. The number of carbonyl (C=O) groups is 3. The molecule has 2 aliphatic rings. The van der Waals surface area contributed by atoms with Gasteiger partial charge in [0, 0.05) is 25.7 Å². The van der Waals surface area contributed by atoms with Gasteiger partial charge in [-0.05, 0) is 32.1 Å². The Bertz CT molecular complexity index is 969. The molecule has 4 rings (SSSR count). The van der Waals surface area contributed by atoms with Crippen LogP contribution in [-0.2, 0) is 22.6 Å². The van der Waals surface area contributed by atoms with Crippen LogP contribution >= 0.6 is 0 Å². The Morgan fingerprint density at radius 3 is 2.65 bits per heavy atom. The Kier molecular flexibility index (Phi) is 6.34. The third kappa shape index (κ3) is 4.33. The number of carbonyl (C=O) groups excluding carboxylic acids is 3. The van der Waals surface area contributed by atoms with Crippen molar-refractivity contribution in [2.75, 3.05) is 20.1 Å². The highest BCUT2D eigenvalue weighted by Crippen LogP contribution is 2.27. The molecular formula is C23H29N5O3. The molecule has 1 fully saturated rings. The second-order valence-electron chi connectivity index (χ2n) is 8.10. The Morgan fingerprint density at radius 1 is 1.06 bits per heavy atom. The van der Waals surface area contributed by atoms with E-state index in [-0.39, 0.29) is 24.3 Å². The smallest absolute Gasteiger partial charge is 0.272 e. The van der Waals surface area contributed by atoms with E-state index in [4.69, 9.17) is 4.98 Å². The van der Waals surface area contributed by atoms with Crippen molar-refractivity contribution < 1.29 is 14.4 Å². The molecule has 2 aliphatic heterocycles. The normalized spacial score (nSPS) is 18.2. The van der Waals surface area contributed by atoms with Crippen molar-refractivity contribution >= 4 is 17.7 Å². The Labute approximate surface area is 182 Å². The molecule has 0 spiro atoms. The van der Waals surface area contributed by atoms with Crippen LogP contribution in [0.1, 0.15) is 48.3 Å². The topological polar surface area (TPSA) is 96.3 Å². The van der Waals surface area contributed by atoms with Gasteiger partial charge >= 0.3 is 0 Å². The zero-order valence-corrected chi connectivity index (χ0v) is 17.9. The Morgan fingerprint density at radius 2 is 1.87 bits per heavy atom. The number of likely N-dealkylation sites (N-methyl/N-ethyl adjacent to an activating group) is 1. The van der Waals surface area contributed by atoms with Crippen LogP contribution in [-0.4, -0.2) is 58.4 Å². The van der Waals surface area contributed by atoms with Gasteiger partial charge in [-0.1, -0.05) is 36.8 Å². The zero-order valence-electron chi connectivity index (χ0n) is 17.9. The number of hydrogen-bond acceptors (Lipinski definition) is 4. The largest absolute Gasteiger partial charge is 0.357 e. The highest BCUT2D eigenvalue weighted by molar-refractivity contribution is 5.97. The van der Waals surface area contributed by atoms with Crippen molar-refractivity contribution in [3.8, 4) is 11.4 Å². The highest BCUT2D eigenvalue weighted by Gasteiger charge is 2.33. The van der Waals surface area contributed by atoms with Crippen LogP contribution in [0.2, 0.25) is 0 Å². The van der Waals surface area contributed by atoms with E-state index in [0.29, 0.717) is 18.7 Å². The lowest BCUT2D eigenvalue weighted by Crippen LogP contribution is -2.48. The number of aromatic nitrogens is 2. The zero-order chi connectivity index (χ0) is 21.8. The first kappa shape index (κ1) is 21.1. The van der Waals surface area contributed by atoms with E-state index < -0.39 is 6.04 Å². The summed E-state index contributed by atoms with van der Waals surface area (Å²) in [4.78, 5) is 44.0. The Balaban J connectivity index is 1.52. The summed E-state index contributed by atoms with van der Waals surface area (Å²) in [6.07, 6.45) is 5.41. The van der Waals surface area contributed by atoms with Crippen LogP contribution in [0.15, 0.2) is 30.3 Å². The van der Waals surface area contributed by atoms with E-state index in [0.717, 1.165) is 55.7 Å². The van der Waals surface area contributed by atoms with Crippen LogP contribution in [0.5, 0.6) is 0 Å². The molecule has 1 saturated heterocycles. The molecule has 0 bridgehead atoms. The summed E-state index contributed by atoms with van der Waals surface area (Å²) in [5.74, 6) is 0.0576. The van der Waals surface area contributed by atoms with Crippen molar-refractivity contribution in [3.63, 3.8) is 0 Å². The minimum absolute atomic E-state index is 0.140. The summed E-state index contributed by atoms with van der Waals surface area (Å²) in [7, 11) is 1.57. The first-order chi connectivity index (χ1) is 15.1. The predicted octanol–water partition coefficient (Wildman–Crippen LogP) is 1.74. The van der Waals surface area contributed by atoms with E-state index in [1.54, 1.807) is 11.9 Å². The molecule has 3 amide bonds. The van der Waals surface area contributed by atoms with E-state index >= 15 is 0 Å². The maximum atomic E-state index is 13.0. The summed E-state index contributed by atoms with van der Waals surface area (Å²) >= 11 is 0. The SMILES string of the molecule is CNC(=O)C1CCCN1C(=O)CNC(=O)c1nc(-c2ccccc2)n2c1CCCCC2. The highest BCUT2D eigenvalue weighted by atomic mass is 16.2. The number of fused-ring (bicyclic) bond motifs is 1. The summed E-state index contributed by atoms with van der Waals surface area (Å²) < 4.78 is 2.15. The van der Waals surface area contributed by atoms with Gasteiger partial charge in [-0.3, -0.25) is 14.4 Å². The molecule has 2 N–H and O–H groups in total. The second-order valence-corrected chi connectivity index (χ2v) is 8.10. The third-order valence-electron chi connectivity index (χ3n) is 6.14. The molecule has 0 saturated carbocycles. The third-order valence-corrected chi connectivity index (χ3v) is 6.14. The van der Waals surface area contributed by atoms with Crippen molar-refractivity contribution in [1.82, 2.24) is 25.1 Å². The fraction of sp³-hybridized carbons (Fsp3) is 0.478. The van der Waals surface area contributed by atoms with E-state index in [1.165, 1.54) is 0 Å². The molecule has 2 aromatic rings. The van der Waals surface area contributed by atoms with Crippen LogP contribution in [0, 0.1) is 0 Å². The first-order valence-electron chi connectivity index (χ1n) is 11.0. The molecule has 8 heteroatoms. The van der Waals surface area contributed by atoms with Crippen LogP contribution in [0.4, 0.5) is 0 Å². The molecule has 8 nitrogen and oxygen atoms in total. The lowest BCUT2D eigenvalue weighted by Gasteiger charge is -2.23. The standard InChI is InChI=1S/C23H29N5O3/c1-24-22(30)18-12-8-14-27(18)19(29)15-25-23(31)20-17-11-6-3-7-13-28(17)21(26-20)16-9-4-2-5-10-16/h2,4-5,9-10,18H,3,6-8,11-15H2,1H3,(H,24,30)(H,25,31). The van der Waals surface area contributed by atoms with Crippen molar-refractivity contribution in [2.45, 2.75) is 51.1 Å². The summed E-state index contributed by atoms with van der Waals surface area (Å²) in [6, 6.07) is 9.42. The molecule has 164 valence electrons. The van der Waals surface area contributed by atoms with Gasteiger partial charge in [-0.2, -0.15) is 0 Å². The maximum absolute atomic E-state index is 13.0.